The summed E-state index contributed by atoms with van der Waals surface area (Å²) < 4.78 is 9.57. The molecule has 122 valence electrons. The van der Waals surface area contributed by atoms with Crippen molar-refractivity contribution in [3.8, 4) is 5.75 Å². The van der Waals surface area contributed by atoms with Gasteiger partial charge in [-0.2, -0.15) is 0 Å². The summed E-state index contributed by atoms with van der Waals surface area (Å²) in [6.45, 7) is -0.0183. The molecule has 2 amide bonds. The van der Waals surface area contributed by atoms with Crippen molar-refractivity contribution in [2.45, 2.75) is 0 Å². The minimum absolute atomic E-state index is 0.0183. The van der Waals surface area contributed by atoms with Crippen LogP contribution in [0.2, 0.25) is 0 Å². The number of carbonyl (C=O) groups is 3. The lowest BCUT2D eigenvalue weighted by Crippen LogP contribution is -2.17. The Labute approximate surface area is 152 Å². The molecule has 24 heavy (non-hydrogen) atoms. The standard InChI is InChI=1S/C17H12INO4S/c20-14(12-5-7-18-8-6-12)10-23-13-3-1-11(2-4-13)9-15-16(21)19-17(22)24-15/h1-9H,10H2,(H,19,21,22)/b15-9+. The molecule has 0 radical (unpaired) electrons. The Bertz CT molecular complexity index is 821. The molecule has 2 aliphatic heterocycles. The highest BCUT2D eigenvalue weighted by molar-refractivity contribution is 14.2. The zero-order valence-electron chi connectivity index (χ0n) is 12.3. The summed E-state index contributed by atoms with van der Waals surface area (Å²) in [6.07, 6.45) is 5.33. The van der Waals surface area contributed by atoms with Gasteiger partial charge in [0.15, 0.2) is 12.4 Å². The molecule has 0 spiro atoms. The second-order valence-corrected chi connectivity index (χ2v) is 7.97. The van der Waals surface area contributed by atoms with E-state index in [0.717, 1.165) is 17.3 Å². The van der Waals surface area contributed by atoms with E-state index < -0.39 is 0 Å². The molecule has 2 aliphatic rings. The normalized spacial score (nSPS) is 18.2. The predicted molar refractivity (Wildman–Crippen MR) is 103 cm³/mol. The van der Waals surface area contributed by atoms with Crippen LogP contribution in [0, 0.1) is 0 Å². The molecule has 1 aromatic rings. The van der Waals surface area contributed by atoms with E-state index >= 15 is 0 Å². The lowest BCUT2D eigenvalue weighted by molar-refractivity contribution is -0.117. The highest BCUT2D eigenvalue weighted by Crippen LogP contribution is 2.26. The number of hydrogen-bond acceptors (Lipinski definition) is 5. The number of rotatable bonds is 5. The summed E-state index contributed by atoms with van der Waals surface area (Å²) in [4.78, 5) is 35.0. The molecule has 7 heteroatoms. The summed E-state index contributed by atoms with van der Waals surface area (Å²) in [5.74, 6) is 0.126. The van der Waals surface area contributed by atoms with Gasteiger partial charge in [-0.05, 0) is 55.8 Å². The van der Waals surface area contributed by atoms with Crippen LogP contribution in [-0.2, 0) is 9.59 Å². The third kappa shape index (κ3) is 4.30. The quantitative estimate of drug-likeness (QED) is 0.548. The van der Waals surface area contributed by atoms with Gasteiger partial charge in [-0.25, -0.2) is 0 Å². The summed E-state index contributed by atoms with van der Waals surface area (Å²) in [5.41, 5.74) is 1.44. The van der Waals surface area contributed by atoms with Gasteiger partial charge in [0.05, 0.1) is 4.91 Å². The number of benzene rings is 1. The van der Waals surface area contributed by atoms with E-state index in [4.69, 9.17) is 4.74 Å². The first kappa shape index (κ1) is 16.8. The summed E-state index contributed by atoms with van der Waals surface area (Å²) in [6, 6.07) is 6.98. The van der Waals surface area contributed by atoms with Crippen molar-refractivity contribution < 1.29 is 19.1 Å². The van der Waals surface area contributed by atoms with Gasteiger partial charge in [-0.15, -0.1) is 0 Å². The van der Waals surface area contributed by atoms with E-state index in [2.05, 4.69) is 5.32 Å². The molecule has 1 saturated heterocycles. The van der Waals surface area contributed by atoms with Crippen LogP contribution >= 0.6 is 32.5 Å². The second-order valence-electron chi connectivity index (χ2n) is 4.80. The number of carbonyl (C=O) groups excluding carboxylic acids is 3. The molecule has 0 atom stereocenters. The van der Waals surface area contributed by atoms with Gasteiger partial charge in [0.2, 0.25) is 0 Å². The van der Waals surface area contributed by atoms with Crippen LogP contribution in [0.1, 0.15) is 5.56 Å². The molecule has 0 saturated carbocycles. The fraction of sp³-hybridized carbons (Fsp3) is 0.0588. The van der Waals surface area contributed by atoms with Crippen LogP contribution in [-0.4, -0.2) is 27.5 Å². The number of Topliss-reactive ketones (excluding diaryl/α,β-unsaturated/α-hetero) is 1. The molecule has 3 rings (SSSR count). The van der Waals surface area contributed by atoms with Gasteiger partial charge < -0.3 is 4.74 Å². The first-order valence-corrected chi connectivity index (χ1v) is 10.3. The third-order valence-electron chi connectivity index (χ3n) is 3.14. The van der Waals surface area contributed by atoms with Gasteiger partial charge in [-0.1, -0.05) is 32.9 Å². The van der Waals surface area contributed by atoms with E-state index in [1.165, 1.54) is 0 Å². The maximum absolute atomic E-state index is 12.0. The summed E-state index contributed by atoms with van der Waals surface area (Å²) in [5, 5.41) is 1.84. The Balaban J connectivity index is 1.60. The lowest BCUT2D eigenvalue weighted by Gasteiger charge is -2.07. The first-order valence-electron chi connectivity index (χ1n) is 6.95. The second kappa shape index (κ2) is 7.71. The average Bonchev–Trinajstić information content (AvgIpc) is 2.92. The van der Waals surface area contributed by atoms with E-state index in [1.54, 1.807) is 30.3 Å². The molecule has 0 unspecified atom stereocenters. The topological polar surface area (TPSA) is 72.5 Å². The molecule has 1 aromatic carbocycles. The molecule has 5 nitrogen and oxygen atoms in total. The Kier molecular flexibility index (Phi) is 5.41. The number of ketones is 1. The first-order chi connectivity index (χ1) is 11.6. The predicted octanol–water partition coefficient (Wildman–Crippen LogP) is 3.19. The van der Waals surface area contributed by atoms with Gasteiger partial charge in [0, 0.05) is 5.57 Å². The number of thioether (sulfide) groups is 1. The maximum Gasteiger partial charge on any atom is 0.290 e. The fourth-order valence-electron chi connectivity index (χ4n) is 1.96. The van der Waals surface area contributed by atoms with Crippen molar-refractivity contribution in [1.82, 2.24) is 5.32 Å². The average molecular weight is 453 g/mol. The lowest BCUT2D eigenvalue weighted by atomic mass is 10.1. The fourth-order valence-corrected chi connectivity index (χ4v) is 4.07. The van der Waals surface area contributed by atoms with Crippen LogP contribution in [0.5, 0.6) is 5.75 Å². The number of allylic oxidation sites excluding steroid dienone is 2. The number of amides is 2. The molecule has 2 heterocycles. The SMILES string of the molecule is O=C1NC(=O)/C(=C\c2ccc(OCC(=O)C3=CC=IC=C3)cc2)S1. The van der Waals surface area contributed by atoms with E-state index in [9.17, 15) is 14.4 Å². The monoisotopic (exact) mass is 453 g/mol. The van der Waals surface area contributed by atoms with E-state index in [1.807, 2.05) is 20.2 Å². The van der Waals surface area contributed by atoms with Crippen LogP contribution < -0.4 is 10.1 Å². The maximum atomic E-state index is 12.0. The number of halogens is 1. The zero-order chi connectivity index (χ0) is 16.9. The Hall–Kier alpha value is -2.00. The molecule has 0 bridgehead atoms. The van der Waals surface area contributed by atoms with Crippen molar-refractivity contribution in [2.24, 2.45) is 0 Å². The highest BCUT2D eigenvalue weighted by atomic mass is 127. The van der Waals surface area contributed by atoms with Crippen molar-refractivity contribution in [3.63, 3.8) is 0 Å². The van der Waals surface area contributed by atoms with Crippen molar-refractivity contribution >= 4 is 59.5 Å². The van der Waals surface area contributed by atoms with Gasteiger partial charge in [0.1, 0.15) is 5.75 Å². The van der Waals surface area contributed by atoms with Gasteiger partial charge in [-0.3, -0.25) is 19.7 Å². The minimum Gasteiger partial charge on any atom is -0.485 e. The third-order valence-corrected chi connectivity index (χ3v) is 5.50. The Morgan fingerprint density at radius 2 is 2.04 bits per heavy atom. The highest BCUT2D eigenvalue weighted by Gasteiger charge is 2.24. The summed E-state index contributed by atoms with van der Waals surface area (Å²) in [7, 11) is 0. The van der Waals surface area contributed by atoms with Crippen molar-refractivity contribution in [3.05, 3.63) is 56.5 Å². The van der Waals surface area contributed by atoms with E-state index in [-0.39, 0.29) is 44.3 Å². The van der Waals surface area contributed by atoms with Crippen molar-refractivity contribution in [1.29, 1.82) is 0 Å². The largest absolute Gasteiger partial charge is 0.485 e. The molecule has 1 N–H and O–H groups in total. The van der Waals surface area contributed by atoms with Crippen molar-refractivity contribution in [2.75, 3.05) is 6.61 Å². The zero-order valence-corrected chi connectivity index (χ0v) is 15.3. The molecular weight excluding hydrogens is 441 g/mol. The number of ether oxygens (including phenoxy) is 1. The smallest absolute Gasteiger partial charge is 0.290 e. The van der Waals surface area contributed by atoms with Crippen LogP contribution in [0.15, 0.2) is 51.0 Å². The molecule has 1 fully saturated rings. The molecule has 0 aliphatic carbocycles. The van der Waals surface area contributed by atoms with Crippen LogP contribution in [0.4, 0.5) is 4.79 Å². The van der Waals surface area contributed by atoms with E-state index in [0.29, 0.717) is 16.2 Å². The van der Waals surface area contributed by atoms with Gasteiger partial charge in [0.25, 0.3) is 11.1 Å². The summed E-state index contributed by atoms with van der Waals surface area (Å²) >= 11 is 0.834. The van der Waals surface area contributed by atoms with Crippen LogP contribution in [0.3, 0.4) is 0 Å². The number of nitrogens with one attached hydrogen (secondary N) is 1. The van der Waals surface area contributed by atoms with Crippen LogP contribution in [0.25, 0.3) is 6.08 Å². The number of imide groups is 1. The molecular formula is C17H12INO4S. The Morgan fingerprint density at radius 3 is 2.67 bits per heavy atom. The number of hydrogen-bond donors (Lipinski definition) is 1. The molecule has 0 aromatic heterocycles. The Morgan fingerprint density at radius 1 is 1.25 bits per heavy atom. The van der Waals surface area contributed by atoms with Gasteiger partial charge >= 0.3 is 0 Å². The minimum atomic E-state index is -0.385.